The molecule has 15 heavy (non-hydrogen) atoms. The lowest BCUT2D eigenvalue weighted by atomic mass is 10.2. The Bertz CT molecular complexity index is 522. The fraction of sp³-hybridized carbons (Fsp3) is 0.0909. The van der Waals surface area contributed by atoms with Gasteiger partial charge in [-0.05, 0) is 23.8 Å². The quantitative estimate of drug-likeness (QED) is 0.776. The molecule has 0 aliphatic rings. The number of nitrogens with zero attached hydrogens (tertiary/aromatic N) is 2. The largest absolute Gasteiger partial charge is 0.347 e. The minimum absolute atomic E-state index is 0.252. The third kappa shape index (κ3) is 2.44. The first kappa shape index (κ1) is 9.93. The highest BCUT2D eigenvalue weighted by atomic mass is 35.5. The van der Waals surface area contributed by atoms with Crippen LogP contribution in [0.25, 0.3) is 0 Å². The first-order valence-corrected chi connectivity index (χ1v) is 4.89. The maximum absolute atomic E-state index is 11.3. The van der Waals surface area contributed by atoms with Gasteiger partial charge in [0.25, 0.3) is 0 Å². The molecule has 0 unspecified atom stereocenters. The topological polar surface area (TPSA) is 34.9 Å². The highest BCUT2D eigenvalue weighted by Crippen LogP contribution is 2.10. The Hall–Kier alpha value is -1.61. The van der Waals surface area contributed by atoms with E-state index in [9.17, 15) is 4.79 Å². The summed E-state index contributed by atoms with van der Waals surface area (Å²) in [6.45, 7) is 0.493. The van der Waals surface area contributed by atoms with Crippen LogP contribution >= 0.6 is 11.6 Å². The molecule has 2 rings (SSSR count). The molecule has 0 bridgehead atoms. The summed E-state index contributed by atoms with van der Waals surface area (Å²) in [7, 11) is 0. The van der Waals surface area contributed by atoms with Crippen molar-refractivity contribution in [1.29, 1.82) is 0 Å². The van der Waals surface area contributed by atoms with Gasteiger partial charge in [-0.15, -0.1) is 0 Å². The first-order chi connectivity index (χ1) is 7.25. The van der Waals surface area contributed by atoms with Gasteiger partial charge in [-0.25, -0.2) is 9.78 Å². The third-order valence-electron chi connectivity index (χ3n) is 2.02. The van der Waals surface area contributed by atoms with Crippen LogP contribution in [-0.2, 0) is 6.54 Å². The third-order valence-corrected chi connectivity index (χ3v) is 2.26. The van der Waals surface area contributed by atoms with Crippen LogP contribution in [0.15, 0.2) is 47.5 Å². The standard InChI is InChI=1S/C11H9ClN2O/c12-10-4-1-3-9(7-10)8-14-6-2-5-13-11(14)15/h1-7H,8H2. The van der Waals surface area contributed by atoms with Crippen LogP contribution in [0.3, 0.4) is 0 Å². The van der Waals surface area contributed by atoms with Gasteiger partial charge in [0.1, 0.15) is 0 Å². The molecular weight excluding hydrogens is 212 g/mol. The molecule has 0 radical (unpaired) electrons. The molecule has 0 saturated heterocycles. The fourth-order valence-electron chi connectivity index (χ4n) is 1.34. The summed E-state index contributed by atoms with van der Waals surface area (Å²) >= 11 is 5.85. The van der Waals surface area contributed by atoms with Crippen molar-refractivity contribution in [1.82, 2.24) is 9.55 Å². The molecule has 1 aromatic carbocycles. The van der Waals surface area contributed by atoms with Gasteiger partial charge in [-0.3, -0.25) is 4.57 Å². The highest BCUT2D eigenvalue weighted by molar-refractivity contribution is 6.30. The van der Waals surface area contributed by atoms with Crippen molar-refractivity contribution in [2.75, 3.05) is 0 Å². The Morgan fingerprint density at radius 3 is 2.93 bits per heavy atom. The lowest BCUT2D eigenvalue weighted by molar-refractivity contribution is 0.727. The van der Waals surface area contributed by atoms with Gasteiger partial charge in [-0.2, -0.15) is 0 Å². The summed E-state index contributed by atoms with van der Waals surface area (Å²) in [6.07, 6.45) is 3.19. The van der Waals surface area contributed by atoms with E-state index in [-0.39, 0.29) is 5.69 Å². The monoisotopic (exact) mass is 220 g/mol. The number of hydrogen-bond acceptors (Lipinski definition) is 2. The zero-order chi connectivity index (χ0) is 10.7. The SMILES string of the molecule is O=c1ncccn1Cc1cccc(Cl)c1. The smallest absolute Gasteiger partial charge is 0.295 e. The average molecular weight is 221 g/mol. The van der Waals surface area contributed by atoms with Crippen molar-refractivity contribution in [3.63, 3.8) is 0 Å². The van der Waals surface area contributed by atoms with Crippen LogP contribution < -0.4 is 5.69 Å². The van der Waals surface area contributed by atoms with E-state index in [1.54, 1.807) is 18.3 Å². The fourth-order valence-corrected chi connectivity index (χ4v) is 1.55. The highest BCUT2D eigenvalue weighted by Gasteiger charge is 1.97. The number of aromatic nitrogens is 2. The van der Waals surface area contributed by atoms with Crippen LogP contribution in [0.5, 0.6) is 0 Å². The lowest BCUT2D eigenvalue weighted by Gasteiger charge is -2.04. The van der Waals surface area contributed by atoms with Crippen LogP contribution in [0.1, 0.15) is 5.56 Å². The predicted octanol–water partition coefficient (Wildman–Crippen LogP) is 1.95. The summed E-state index contributed by atoms with van der Waals surface area (Å²) in [5.74, 6) is 0. The molecule has 0 aliphatic heterocycles. The van der Waals surface area contributed by atoms with Crippen LogP contribution in [-0.4, -0.2) is 9.55 Å². The van der Waals surface area contributed by atoms with E-state index in [1.165, 1.54) is 10.8 Å². The summed E-state index contributed by atoms with van der Waals surface area (Å²) < 4.78 is 1.53. The second-order valence-electron chi connectivity index (χ2n) is 3.16. The summed E-state index contributed by atoms with van der Waals surface area (Å²) in [4.78, 5) is 15.0. The molecule has 0 aliphatic carbocycles. The van der Waals surface area contributed by atoms with E-state index < -0.39 is 0 Å². The van der Waals surface area contributed by atoms with Gasteiger partial charge in [0.2, 0.25) is 0 Å². The minimum atomic E-state index is -0.252. The van der Waals surface area contributed by atoms with Crippen molar-refractivity contribution in [3.8, 4) is 0 Å². The maximum atomic E-state index is 11.3. The molecule has 0 fully saturated rings. The molecule has 4 heteroatoms. The first-order valence-electron chi connectivity index (χ1n) is 4.51. The number of halogens is 1. The zero-order valence-corrected chi connectivity index (χ0v) is 8.69. The Balaban J connectivity index is 2.30. The van der Waals surface area contributed by atoms with E-state index in [2.05, 4.69) is 4.98 Å². The Morgan fingerprint density at radius 1 is 1.33 bits per heavy atom. The molecule has 2 aromatic rings. The van der Waals surface area contributed by atoms with Gasteiger partial charge >= 0.3 is 5.69 Å². The molecule has 0 amide bonds. The average Bonchev–Trinajstić information content (AvgIpc) is 2.22. The molecular formula is C11H9ClN2O. The van der Waals surface area contributed by atoms with E-state index >= 15 is 0 Å². The number of hydrogen-bond donors (Lipinski definition) is 0. The molecule has 1 heterocycles. The van der Waals surface area contributed by atoms with E-state index in [0.29, 0.717) is 11.6 Å². The molecule has 0 atom stereocenters. The molecule has 0 N–H and O–H groups in total. The van der Waals surface area contributed by atoms with Gasteiger partial charge in [0.15, 0.2) is 0 Å². The number of benzene rings is 1. The molecule has 0 spiro atoms. The zero-order valence-electron chi connectivity index (χ0n) is 7.93. The van der Waals surface area contributed by atoms with Gasteiger partial charge in [0.05, 0.1) is 6.54 Å². The van der Waals surface area contributed by atoms with Crippen molar-refractivity contribution >= 4 is 11.6 Å². The Labute approximate surface area is 92.0 Å². The minimum Gasteiger partial charge on any atom is -0.295 e. The van der Waals surface area contributed by atoms with E-state index in [1.807, 2.05) is 18.2 Å². The second kappa shape index (κ2) is 4.28. The van der Waals surface area contributed by atoms with Gasteiger partial charge < -0.3 is 0 Å². The normalized spacial score (nSPS) is 10.2. The molecule has 1 aromatic heterocycles. The van der Waals surface area contributed by atoms with Crippen LogP contribution in [0.4, 0.5) is 0 Å². The summed E-state index contributed by atoms with van der Waals surface area (Å²) in [5.41, 5.74) is 0.732. The van der Waals surface area contributed by atoms with Crippen LogP contribution in [0, 0.1) is 0 Å². The second-order valence-corrected chi connectivity index (χ2v) is 3.60. The van der Waals surface area contributed by atoms with Gasteiger partial charge in [-0.1, -0.05) is 23.7 Å². The molecule has 3 nitrogen and oxygen atoms in total. The molecule has 0 saturated carbocycles. The Morgan fingerprint density at radius 2 is 2.20 bits per heavy atom. The van der Waals surface area contributed by atoms with Crippen molar-refractivity contribution in [3.05, 3.63) is 63.8 Å². The summed E-state index contributed by atoms with van der Waals surface area (Å²) in [5, 5.41) is 0.671. The van der Waals surface area contributed by atoms with Crippen LogP contribution in [0.2, 0.25) is 5.02 Å². The van der Waals surface area contributed by atoms with Gasteiger partial charge in [0, 0.05) is 17.4 Å². The van der Waals surface area contributed by atoms with Crippen molar-refractivity contribution in [2.24, 2.45) is 0 Å². The predicted molar refractivity (Wildman–Crippen MR) is 59.1 cm³/mol. The van der Waals surface area contributed by atoms with Crippen molar-refractivity contribution in [2.45, 2.75) is 6.54 Å². The Kier molecular flexibility index (Phi) is 2.83. The summed E-state index contributed by atoms with van der Waals surface area (Å²) in [6, 6.07) is 9.15. The lowest BCUT2D eigenvalue weighted by Crippen LogP contribution is -2.21. The van der Waals surface area contributed by atoms with E-state index in [4.69, 9.17) is 11.6 Å². The van der Waals surface area contributed by atoms with E-state index in [0.717, 1.165) is 5.56 Å². The van der Waals surface area contributed by atoms with Crippen molar-refractivity contribution < 1.29 is 0 Å². The number of rotatable bonds is 2. The molecule has 76 valence electrons. The maximum Gasteiger partial charge on any atom is 0.347 e.